The molecule has 0 radical (unpaired) electrons. The van der Waals surface area contributed by atoms with Crippen molar-refractivity contribution in [2.24, 2.45) is 0 Å². The monoisotopic (exact) mass is 282 g/mol. The number of benzene rings is 5. The van der Waals surface area contributed by atoms with E-state index in [-0.39, 0.29) is 0 Å². The summed E-state index contributed by atoms with van der Waals surface area (Å²) in [7, 11) is 0. The SMILES string of the molecule is Nc1ccc2cc3ccc4cccc5ccc(c2c1N)c3c45. The van der Waals surface area contributed by atoms with E-state index in [1.165, 1.54) is 32.3 Å². The van der Waals surface area contributed by atoms with E-state index < -0.39 is 0 Å². The van der Waals surface area contributed by atoms with Crippen LogP contribution >= 0.6 is 0 Å². The zero-order valence-electron chi connectivity index (χ0n) is 11.9. The van der Waals surface area contributed by atoms with Crippen molar-refractivity contribution in [3.63, 3.8) is 0 Å². The summed E-state index contributed by atoms with van der Waals surface area (Å²) in [6, 6.07) is 21.3. The first-order valence-electron chi connectivity index (χ1n) is 7.38. The molecule has 2 nitrogen and oxygen atoms in total. The molecule has 0 aromatic heterocycles. The van der Waals surface area contributed by atoms with Crippen LogP contribution in [0.5, 0.6) is 0 Å². The lowest BCUT2D eigenvalue weighted by Crippen LogP contribution is -1.96. The first kappa shape index (κ1) is 11.6. The standard InChI is InChI=1S/C20H14N2/c21-16-9-7-14-10-13-5-4-11-2-1-3-12-6-8-15(18(13)17(11)12)19(14)20(16)22/h1-10H,21-22H2. The van der Waals surface area contributed by atoms with E-state index in [4.69, 9.17) is 11.5 Å². The second kappa shape index (κ2) is 3.80. The molecular weight excluding hydrogens is 268 g/mol. The van der Waals surface area contributed by atoms with Crippen LogP contribution < -0.4 is 11.5 Å². The molecule has 0 bridgehead atoms. The minimum atomic E-state index is 0.641. The highest BCUT2D eigenvalue weighted by Crippen LogP contribution is 2.41. The predicted molar refractivity (Wildman–Crippen MR) is 96.5 cm³/mol. The molecule has 5 aromatic rings. The van der Waals surface area contributed by atoms with Crippen molar-refractivity contribution in [2.45, 2.75) is 0 Å². The molecule has 104 valence electrons. The molecule has 0 saturated heterocycles. The largest absolute Gasteiger partial charge is 0.397 e. The normalized spacial score (nSPS) is 12.0. The Balaban J connectivity index is 2.20. The average molecular weight is 282 g/mol. The Morgan fingerprint density at radius 1 is 0.545 bits per heavy atom. The minimum absolute atomic E-state index is 0.641. The van der Waals surface area contributed by atoms with Crippen molar-refractivity contribution < 1.29 is 0 Å². The fourth-order valence-corrected chi connectivity index (χ4v) is 3.68. The summed E-state index contributed by atoms with van der Waals surface area (Å²) in [6.45, 7) is 0. The molecule has 0 spiro atoms. The van der Waals surface area contributed by atoms with E-state index in [2.05, 4.69) is 54.6 Å². The van der Waals surface area contributed by atoms with Crippen LogP contribution in [-0.4, -0.2) is 0 Å². The van der Waals surface area contributed by atoms with Crippen molar-refractivity contribution in [2.75, 3.05) is 11.5 Å². The van der Waals surface area contributed by atoms with Gasteiger partial charge in [-0.2, -0.15) is 0 Å². The Morgan fingerprint density at radius 3 is 2.00 bits per heavy atom. The van der Waals surface area contributed by atoms with E-state index in [0.29, 0.717) is 11.4 Å². The number of hydrogen-bond donors (Lipinski definition) is 2. The van der Waals surface area contributed by atoms with E-state index in [1.54, 1.807) is 0 Å². The van der Waals surface area contributed by atoms with Crippen LogP contribution in [0.1, 0.15) is 0 Å². The van der Waals surface area contributed by atoms with Crippen LogP contribution in [0.15, 0.2) is 60.7 Å². The molecule has 0 aliphatic heterocycles. The van der Waals surface area contributed by atoms with Crippen molar-refractivity contribution in [3.05, 3.63) is 60.7 Å². The topological polar surface area (TPSA) is 52.0 Å². The summed E-state index contributed by atoms with van der Waals surface area (Å²) in [6.07, 6.45) is 0. The van der Waals surface area contributed by atoms with Gasteiger partial charge in [0.15, 0.2) is 0 Å². The summed E-state index contributed by atoms with van der Waals surface area (Å²) in [4.78, 5) is 0. The van der Waals surface area contributed by atoms with Gasteiger partial charge in [-0.1, -0.05) is 48.5 Å². The van der Waals surface area contributed by atoms with E-state index >= 15 is 0 Å². The summed E-state index contributed by atoms with van der Waals surface area (Å²) in [5, 5.41) is 9.73. The first-order chi connectivity index (χ1) is 10.7. The lowest BCUT2D eigenvalue weighted by atomic mass is 9.90. The number of anilines is 2. The van der Waals surface area contributed by atoms with E-state index in [0.717, 1.165) is 10.8 Å². The maximum Gasteiger partial charge on any atom is 0.0633 e. The predicted octanol–water partition coefficient (Wildman–Crippen LogP) is 4.90. The highest BCUT2D eigenvalue weighted by Gasteiger charge is 2.13. The number of nitrogens with two attached hydrogens (primary N) is 2. The molecule has 22 heavy (non-hydrogen) atoms. The molecule has 0 saturated carbocycles. The van der Waals surface area contributed by atoms with Crippen molar-refractivity contribution in [1.29, 1.82) is 0 Å². The van der Waals surface area contributed by atoms with Crippen LogP contribution in [0.25, 0.3) is 43.1 Å². The highest BCUT2D eigenvalue weighted by atomic mass is 14.7. The molecule has 5 aromatic carbocycles. The molecule has 4 N–H and O–H groups in total. The third-order valence-corrected chi connectivity index (χ3v) is 4.70. The quantitative estimate of drug-likeness (QED) is 0.241. The van der Waals surface area contributed by atoms with Gasteiger partial charge in [-0.15, -0.1) is 0 Å². The Kier molecular flexibility index (Phi) is 2.01. The third kappa shape index (κ3) is 1.29. The van der Waals surface area contributed by atoms with Crippen molar-refractivity contribution in [3.8, 4) is 0 Å². The summed E-state index contributed by atoms with van der Waals surface area (Å²) >= 11 is 0. The van der Waals surface area contributed by atoms with Crippen LogP contribution in [0.4, 0.5) is 11.4 Å². The molecule has 0 atom stereocenters. The number of rotatable bonds is 0. The molecule has 2 heteroatoms. The summed E-state index contributed by atoms with van der Waals surface area (Å²) in [5.74, 6) is 0. The van der Waals surface area contributed by atoms with Crippen LogP contribution in [0, 0.1) is 0 Å². The van der Waals surface area contributed by atoms with E-state index in [9.17, 15) is 0 Å². The maximum atomic E-state index is 6.29. The number of nitrogen functional groups attached to an aromatic ring is 2. The minimum Gasteiger partial charge on any atom is -0.397 e. The molecule has 5 rings (SSSR count). The highest BCUT2D eigenvalue weighted by molar-refractivity contribution is 6.30. The molecule has 0 amide bonds. The first-order valence-corrected chi connectivity index (χ1v) is 7.38. The molecule has 0 fully saturated rings. The lowest BCUT2D eigenvalue weighted by molar-refractivity contribution is 1.73. The van der Waals surface area contributed by atoms with Gasteiger partial charge in [0.25, 0.3) is 0 Å². The Bertz CT molecular complexity index is 1170. The van der Waals surface area contributed by atoms with E-state index in [1.807, 2.05) is 6.07 Å². The number of fused-ring (bicyclic) bond motifs is 2. The van der Waals surface area contributed by atoms with Crippen LogP contribution in [0.2, 0.25) is 0 Å². The van der Waals surface area contributed by atoms with Crippen LogP contribution in [-0.2, 0) is 0 Å². The molecule has 0 aliphatic rings. The molecule has 0 aliphatic carbocycles. The Morgan fingerprint density at radius 2 is 1.18 bits per heavy atom. The Labute approximate surface area is 127 Å². The third-order valence-electron chi connectivity index (χ3n) is 4.70. The summed E-state index contributed by atoms with van der Waals surface area (Å²) < 4.78 is 0. The van der Waals surface area contributed by atoms with Gasteiger partial charge in [0.05, 0.1) is 11.4 Å². The smallest absolute Gasteiger partial charge is 0.0633 e. The fourth-order valence-electron chi connectivity index (χ4n) is 3.68. The maximum absolute atomic E-state index is 6.29. The van der Waals surface area contributed by atoms with Crippen molar-refractivity contribution in [1.82, 2.24) is 0 Å². The van der Waals surface area contributed by atoms with Gasteiger partial charge in [-0.25, -0.2) is 0 Å². The van der Waals surface area contributed by atoms with Gasteiger partial charge in [-0.3, -0.25) is 0 Å². The van der Waals surface area contributed by atoms with Crippen LogP contribution in [0.3, 0.4) is 0 Å². The van der Waals surface area contributed by atoms with Crippen molar-refractivity contribution >= 4 is 54.5 Å². The number of hydrogen-bond acceptors (Lipinski definition) is 2. The zero-order chi connectivity index (χ0) is 14.8. The van der Waals surface area contributed by atoms with Gasteiger partial charge in [0.1, 0.15) is 0 Å². The van der Waals surface area contributed by atoms with Gasteiger partial charge in [0, 0.05) is 5.39 Å². The Hall–Kier alpha value is -3.00. The second-order valence-electron chi connectivity index (χ2n) is 5.90. The lowest BCUT2D eigenvalue weighted by Gasteiger charge is -2.15. The van der Waals surface area contributed by atoms with Gasteiger partial charge in [0.2, 0.25) is 0 Å². The average Bonchev–Trinajstić information content (AvgIpc) is 2.55. The zero-order valence-corrected chi connectivity index (χ0v) is 11.9. The van der Waals surface area contributed by atoms with Gasteiger partial charge >= 0.3 is 0 Å². The molecular formula is C20H14N2. The second-order valence-corrected chi connectivity index (χ2v) is 5.90. The van der Waals surface area contributed by atoms with Gasteiger partial charge < -0.3 is 11.5 Å². The molecule has 0 heterocycles. The molecule has 0 unspecified atom stereocenters. The summed E-state index contributed by atoms with van der Waals surface area (Å²) in [5.41, 5.74) is 13.6. The van der Waals surface area contributed by atoms with Gasteiger partial charge in [-0.05, 0) is 49.8 Å². The fraction of sp³-hybridized carbons (Fsp3) is 0.